The van der Waals surface area contributed by atoms with E-state index in [0.717, 1.165) is 18.8 Å². The average Bonchev–Trinajstić information content (AvgIpc) is 2.39. The summed E-state index contributed by atoms with van der Waals surface area (Å²) >= 11 is 4.47. The number of thiol groups is 1. The molecule has 3 heteroatoms. The Morgan fingerprint density at radius 2 is 1.94 bits per heavy atom. The van der Waals surface area contributed by atoms with Gasteiger partial charge in [0.1, 0.15) is 0 Å². The van der Waals surface area contributed by atoms with Gasteiger partial charge in [-0.05, 0) is 25.2 Å². The maximum atomic E-state index is 8.71. The summed E-state index contributed by atoms with van der Waals surface area (Å²) in [5, 5.41) is 8.71. The molecule has 1 rings (SSSR count). The van der Waals surface area contributed by atoms with Gasteiger partial charge in [-0.15, -0.1) is 0 Å². The summed E-state index contributed by atoms with van der Waals surface area (Å²) in [6, 6.07) is 13.2. The molecule has 0 aliphatic rings. The zero-order valence-corrected chi connectivity index (χ0v) is 12.1. The van der Waals surface area contributed by atoms with Crippen molar-refractivity contribution >= 4 is 12.6 Å². The molecule has 0 heterocycles. The van der Waals surface area contributed by atoms with Crippen molar-refractivity contribution in [3.05, 3.63) is 35.9 Å². The highest BCUT2D eigenvalue weighted by Gasteiger charge is 2.16. The Hall–Kier alpha value is -0.980. The Morgan fingerprint density at radius 1 is 1.28 bits per heavy atom. The number of nitriles is 1. The fourth-order valence-electron chi connectivity index (χ4n) is 2.03. The van der Waals surface area contributed by atoms with Crippen molar-refractivity contribution in [1.82, 2.24) is 4.90 Å². The van der Waals surface area contributed by atoms with Crippen molar-refractivity contribution in [3.8, 4) is 6.07 Å². The lowest BCUT2D eigenvalue weighted by atomic mass is 10.00. The molecule has 0 spiro atoms. The van der Waals surface area contributed by atoms with Crippen LogP contribution in [0.4, 0.5) is 0 Å². The normalized spacial score (nSPS) is 12.7. The lowest BCUT2D eigenvalue weighted by Crippen LogP contribution is -2.35. The van der Waals surface area contributed by atoms with E-state index >= 15 is 0 Å². The molecule has 1 unspecified atom stereocenters. The van der Waals surface area contributed by atoms with Crippen molar-refractivity contribution in [2.75, 3.05) is 18.8 Å². The summed E-state index contributed by atoms with van der Waals surface area (Å²) in [6.45, 7) is 6.16. The van der Waals surface area contributed by atoms with Crippen LogP contribution in [0.1, 0.15) is 31.7 Å². The Labute approximate surface area is 116 Å². The fraction of sp³-hybridized carbons (Fsp3) is 0.533. The molecule has 0 radical (unpaired) electrons. The molecule has 0 amide bonds. The maximum Gasteiger partial charge on any atom is 0.0635 e. The Kier molecular flexibility index (Phi) is 6.85. The number of benzene rings is 1. The van der Waals surface area contributed by atoms with E-state index in [4.69, 9.17) is 5.26 Å². The molecule has 0 aliphatic carbocycles. The second-order valence-electron chi connectivity index (χ2n) is 4.79. The summed E-state index contributed by atoms with van der Waals surface area (Å²) in [7, 11) is 0. The van der Waals surface area contributed by atoms with Crippen LogP contribution in [0.2, 0.25) is 0 Å². The number of nitrogens with zero attached hydrogens (tertiary/aromatic N) is 2. The second-order valence-corrected chi connectivity index (χ2v) is 5.15. The van der Waals surface area contributed by atoms with Gasteiger partial charge in [-0.1, -0.05) is 30.3 Å². The predicted molar refractivity (Wildman–Crippen MR) is 80.0 cm³/mol. The second kappa shape index (κ2) is 8.18. The molecule has 1 aromatic rings. The van der Waals surface area contributed by atoms with Gasteiger partial charge in [0.25, 0.3) is 0 Å². The molecular formula is C15H22N2S. The summed E-state index contributed by atoms with van der Waals surface area (Å²) in [5.41, 5.74) is 1.33. The van der Waals surface area contributed by atoms with Crippen molar-refractivity contribution in [2.24, 2.45) is 0 Å². The molecule has 98 valence electrons. The average molecular weight is 262 g/mol. The number of rotatable bonds is 7. The zero-order valence-electron chi connectivity index (χ0n) is 11.2. The van der Waals surface area contributed by atoms with Crippen LogP contribution in [0, 0.1) is 11.3 Å². The van der Waals surface area contributed by atoms with E-state index in [-0.39, 0.29) is 0 Å². The quantitative estimate of drug-likeness (QED) is 0.763. The lowest BCUT2D eigenvalue weighted by molar-refractivity contribution is 0.217. The minimum atomic E-state index is 0.427. The van der Waals surface area contributed by atoms with E-state index in [2.05, 4.69) is 61.7 Å². The molecule has 2 nitrogen and oxygen atoms in total. The fourth-order valence-corrected chi connectivity index (χ4v) is 2.36. The molecule has 0 saturated heterocycles. The van der Waals surface area contributed by atoms with Crippen LogP contribution < -0.4 is 0 Å². The van der Waals surface area contributed by atoms with E-state index < -0.39 is 0 Å². The molecule has 0 aliphatic heterocycles. The van der Waals surface area contributed by atoms with Crippen molar-refractivity contribution in [3.63, 3.8) is 0 Å². The standard InChI is InChI=1S/C15H22N2S/c1-13(2)17(10-6-9-16)11-15(12-18)14-7-4-3-5-8-14/h3-5,7-8,13,15,18H,6,10-12H2,1-2H3. The molecular weight excluding hydrogens is 240 g/mol. The lowest BCUT2D eigenvalue weighted by Gasteiger charge is -2.29. The first-order valence-electron chi connectivity index (χ1n) is 6.45. The molecule has 0 aromatic heterocycles. The summed E-state index contributed by atoms with van der Waals surface area (Å²) in [6.07, 6.45) is 0.590. The van der Waals surface area contributed by atoms with E-state index in [1.807, 2.05) is 6.07 Å². The number of hydrogen-bond acceptors (Lipinski definition) is 3. The van der Waals surface area contributed by atoms with E-state index in [1.54, 1.807) is 0 Å². The van der Waals surface area contributed by atoms with E-state index in [0.29, 0.717) is 18.4 Å². The first kappa shape index (κ1) is 15.1. The van der Waals surface area contributed by atoms with E-state index in [9.17, 15) is 0 Å². The third kappa shape index (κ3) is 4.72. The molecule has 1 aromatic carbocycles. The third-order valence-corrected chi connectivity index (χ3v) is 3.63. The first-order chi connectivity index (χ1) is 8.69. The van der Waals surface area contributed by atoms with E-state index in [1.165, 1.54) is 5.56 Å². The smallest absolute Gasteiger partial charge is 0.0635 e. The Morgan fingerprint density at radius 3 is 2.44 bits per heavy atom. The van der Waals surface area contributed by atoms with Crippen LogP contribution in [0.5, 0.6) is 0 Å². The topological polar surface area (TPSA) is 27.0 Å². The summed E-state index contributed by atoms with van der Waals surface area (Å²) in [4.78, 5) is 2.36. The van der Waals surface area contributed by atoms with Crippen LogP contribution in [-0.2, 0) is 0 Å². The molecule has 1 atom stereocenters. The maximum absolute atomic E-state index is 8.71. The van der Waals surface area contributed by atoms with Gasteiger partial charge < -0.3 is 0 Å². The number of hydrogen-bond donors (Lipinski definition) is 1. The third-order valence-electron chi connectivity index (χ3n) is 3.19. The van der Waals surface area contributed by atoms with Crippen LogP contribution in [0.3, 0.4) is 0 Å². The van der Waals surface area contributed by atoms with Crippen LogP contribution in [-0.4, -0.2) is 29.8 Å². The molecule has 0 N–H and O–H groups in total. The van der Waals surface area contributed by atoms with Crippen LogP contribution in [0.25, 0.3) is 0 Å². The monoisotopic (exact) mass is 262 g/mol. The first-order valence-corrected chi connectivity index (χ1v) is 7.09. The predicted octanol–water partition coefficient (Wildman–Crippen LogP) is 3.32. The minimum Gasteiger partial charge on any atom is -0.299 e. The molecule has 0 bridgehead atoms. The largest absolute Gasteiger partial charge is 0.299 e. The van der Waals surface area contributed by atoms with Gasteiger partial charge in [-0.25, -0.2) is 0 Å². The van der Waals surface area contributed by atoms with Gasteiger partial charge in [-0.3, -0.25) is 4.90 Å². The highest BCUT2D eigenvalue weighted by atomic mass is 32.1. The highest BCUT2D eigenvalue weighted by Crippen LogP contribution is 2.19. The van der Waals surface area contributed by atoms with Gasteiger partial charge in [-0.2, -0.15) is 17.9 Å². The summed E-state index contributed by atoms with van der Waals surface area (Å²) < 4.78 is 0. The van der Waals surface area contributed by atoms with Gasteiger partial charge >= 0.3 is 0 Å². The zero-order chi connectivity index (χ0) is 13.4. The SMILES string of the molecule is CC(C)N(CCC#N)CC(CS)c1ccccc1. The Bertz CT molecular complexity index is 370. The van der Waals surface area contributed by atoms with Crippen molar-refractivity contribution in [1.29, 1.82) is 5.26 Å². The van der Waals surface area contributed by atoms with Gasteiger partial charge in [0.05, 0.1) is 6.07 Å². The van der Waals surface area contributed by atoms with Crippen molar-refractivity contribution < 1.29 is 0 Å². The minimum absolute atomic E-state index is 0.427. The summed E-state index contributed by atoms with van der Waals surface area (Å²) in [5.74, 6) is 1.26. The molecule has 0 saturated carbocycles. The van der Waals surface area contributed by atoms with Gasteiger partial charge in [0, 0.05) is 31.5 Å². The molecule has 0 fully saturated rings. The van der Waals surface area contributed by atoms with Gasteiger partial charge in [0.15, 0.2) is 0 Å². The van der Waals surface area contributed by atoms with Crippen LogP contribution >= 0.6 is 12.6 Å². The Balaban J connectivity index is 2.68. The van der Waals surface area contributed by atoms with Crippen LogP contribution in [0.15, 0.2) is 30.3 Å². The van der Waals surface area contributed by atoms with Gasteiger partial charge in [0.2, 0.25) is 0 Å². The molecule has 18 heavy (non-hydrogen) atoms. The van der Waals surface area contributed by atoms with Crippen molar-refractivity contribution in [2.45, 2.75) is 32.2 Å². The highest BCUT2D eigenvalue weighted by molar-refractivity contribution is 7.80.